The summed E-state index contributed by atoms with van der Waals surface area (Å²) in [6.07, 6.45) is 0. The highest BCUT2D eigenvalue weighted by Crippen LogP contribution is 2.32. The number of rotatable bonds is 4. The second-order valence-corrected chi connectivity index (χ2v) is 9.42. The predicted molar refractivity (Wildman–Crippen MR) is 152 cm³/mol. The third-order valence-electron chi connectivity index (χ3n) is 6.17. The van der Waals surface area contributed by atoms with Crippen LogP contribution in [-0.4, -0.2) is 5.78 Å². The van der Waals surface area contributed by atoms with Gasteiger partial charge in [-0.2, -0.15) is 0 Å². The largest absolute Gasteiger partial charge is 0.289 e. The van der Waals surface area contributed by atoms with Gasteiger partial charge in [-0.1, -0.05) is 133 Å². The smallest absolute Gasteiger partial charge is 0.193 e. The van der Waals surface area contributed by atoms with Crippen molar-refractivity contribution in [3.63, 3.8) is 0 Å². The number of carbonyl (C=O) groups excluding carboxylic acids is 1. The number of carbonyl (C=O) groups is 1. The summed E-state index contributed by atoms with van der Waals surface area (Å²) < 4.78 is 0. The minimum Gasteiger partial charge on any atom is -0.289 e. The van der Waals surface area contributed by atoms with Gasteiger partial charge in [-0.25, -0.2) is 0 Å². The van der Waals surface area contributed by atoms with Crippen molar-refractivity contribution in [1.82, 2.24) is 0 Å². The van der Waals surface area contributed by atoms with E-state index in [0.29, 0.717) is 0 Å². The van der Waals surface area contributed by atoms with Crippen molar-refractivity contribution < 1.29 is 4.79 Å². The van der Waals surface area contributed by atoms with E-state index in [1.54, 1.807) is 0 Å². The Morgan fingerprint density at radius 3 is 1.06 bits per heavy atom. The summed E-state index contributed by atoms with van der Waals surface area (Å²) in [6, 6.07) is 32.9. The van der Waals surface area contributed by atoms with Crippen LogP contribution in [0, 0.1) is 27.7 Å². The predicted octanol–water partition coefficient (Wildman–Crippen LogP) is 8.97. The van der Waals surface area contributed by atoms with E-state index in [4.69, 9.17) is 0 Å². The van der Waals surface area contributed by atoms with Crippen LogP contribution in [0.2, 0.25) is 0 Å². The molecule has 4 aromatic rings. The molecule has 4 rings (SSSR count). The molecular weight excluding hydrogens is 424 g/mol. The van der Waals surface area contributed by atoms with Crippen LogP contribution in [0.4, 0.5) is 0 Å². The van der Waals surface area contributed by atoms with Crippen LogP contribution in [0.15, 0.2) is 110 Å². The molecule has 0 spiro atoms. The van der Waals surface area contributed by atoms with Crippen molar-refractivity contribution >= 4 is 5.78 Å². The van der Waals surface area contributed by atoms with Gasteiger partial charge in [-0.3, -0.25) is 4.79 Å². The first-order valence-corrected chi connectivity index (χ1v) is 12.0. The SMILES string of the molecule is C=C.Cc1ccc(C(=O)c2ccc(C(C)(C)c3ccc(C)cc3)cc2)cc1.Cc1ccc(C)cc1. The maximum Gasteiger partial charge on any atom is 0.193 e. The van der Waals surface area contributed by atoms with Gasteiger partial charge in [0, 0.05) is 16.5 Å². The molecule has 0 amide bonds. The van der Waals surface area contributed by atoms with Crippen molar-refractivity contribution in [2.45, 2.75) is 47.0 Å². The van der Waals surface area contributed by atoms with Crippen molar-refractivity contribution in [1.29, 1.82) is 0 Å². The Labute approximate surface area is 212 Å². The van der Waals surface area contributed by atoms with Crippen LogP contribution in [-0.2, 0) is 5.41 Å². The first-order valence-electron chi connectivity index (χ1n) is 12.0. The van der Waals surface area contributed by atoms with E-state index in [-0.39, 0.29) is 11.2 Å². The summed E-state index contributed by atoms with van der Waals surface area (Å²) in [5.41, 5.74) is 8.92. The lowest BCUT2D eigenvalue weighted by molar-refractivity contribution is 0.103. The van der Waals surface area contributed by atoms with Crippen molar-refractivity contribution in [2.75, 3.05) is 0 Å². The zero-order valence-corrected chi connectivity index (χ0v) is 22.1. The zero-order valence-electron chi connectivity index (χ0n) is 22.1. The monoisotopic (exact) mass is 462 g/mol. The fourth-order valence-corrected chi connectivity index (χ4v) is 3.68. The van der Waals surface area contributed by atoms with Gasteiger partial charge in [0.25, 0.3) is 0 Å². The standard InChI is InChI=1S/C24H24O.C8H10.C2H4/c1-17-5-9-19(10-6-17)23(25)20-11-15-22(16-12-20)24(3,4)21-13-7-18(2)8-14-21;1-7-3-5-8(2)6-4-7;1-2/h5-16H,1-4H3;3-6H,1-2H3;1-2H2. The highest BCUT2D eigenvalue weighted by atomic mass is 16.1. The van der Waals surface area contributed by atoms with Crippen molar-refractivity contribution in [3.8, 4) is 0 Å². The molecule has 0 heterocycles. The molecule has 0 fully saturated rings. The molecule has 0 aromatic heterocycles. The molecular formula is C34H38O. The third-order valence-corrected chi connectivity index (χ3v) is 6.17. The molecule has 0 saturated heterocycles. The van der Waals surface area contributed by atoms with E-state index in [1.165, 1.54) is 27.8 Å². The molecule has 0 bridgehead atoms. The number of aryl methyl sites for hydroxylation is 4. The van der Waals surface area contributed by atoms with Gasteiger partial charge in [0.05, 0.1) is 0 Å². The first kappa shape index (κ1) is 27.5. The van der Waals surface area contributed by atoms with E-state index in [0.717, 1.165) is 16.7 Å². The average Bonchev–Trinajstić information content (AvgIpc) is 2.88. The normalized spacial score (nSPS) is 10.3. The topological polar surface area (TPSA) is 17.1 Å². The second-order valence-electron chi connectivity index (χ2n) is 9.42. The van der Waals surface area contributed by atoms with Gasteiger partial charge in [0.2, 0.25) is 0 Å². The molecule has 35 heavy (non-hydrogen) atoms. The van der Waals surface area contributed by atoms with E-state index in [9.17, 15) is 4.79 Å². The summed E-state index contributed by atoms with van der Waals surface area (Å²) in [6.45, 7) is 18.8. The molecule has 1 nitrogen and oxygen atoms in total. The Kier molecular flexibility index (Phi) is 9.97. The third kappa shape index (κ3) is 7.65. The molecule has 0 aliphatic heterocycles. The van der Waals surface area contributed by atoms with Gasteiger partial charge in [-0.15, -0.1) is 13.2 Å². The van der Waals surface area contributed by atoms with Crippen LogP contribution >= 0.6 is 0 Å². The van der Waals surface area contributed by atoms with E-state index in [1.807, 2.05) is 43.3 Å². The van der Waals surface area contributed by atoms with Gasteiger partial charge >= 0.3 is 0 Å². The van der Waals surface area contributed by atoms with Crippen LogP contribution in [0.5, 0.6) is 0 Å². The Bertz CT molecular complexity index is 1170. The lowest BCUT2D eigenvalue weighted by atomic mass is 9.77. The van der Waals surface area contributed by atoms with Crippen molar-refractivity contribution in [3.05, 3.63) is 155 Å². The second kappa shape index (κ2) is 12.7. The minimum atomic E-state index is -0.0981. The lowest BCUT2D eigenvalue weighted by Gasteiger charge is -2.26. The summed E-state index contributed by atoms with van der Waals surface area (Å²) >= 11 is 0. The highest BCUT2D eigenvalue weighted by molar-refractivity contribution is 6.09. The summed E-state index contributed by atoms with van der Waals surface area (Å²) in [5.74, 6) is 0.0692. The summed E-state index contributed by atoms with van der Waals surface area (Å²) in [5, 5.41) is 0. The molecule has 1 heteroatoms. The Balaban J connectivity index is 0.000000363. The first-order chi connectivity index (χ1) is 16.7. The zero-order chi connectivity index (χ0) is 26.0. The molecule has 0 saturated carbocycles. The van der Waals surface area contributed by atoms with Gasteiger partial charge in [-0.05, 0) is 38.8 Å². The molecule has 0 N–H and O–H groups in total. The van der Waals surface area contributed by atoms with Crippen LogP contribution < -0.4 is 0 Å². The Hall–Kier alpha value is -3.71. The number of hydrogen-bond acceptors (Lipinski definition) is 1. The van der Waals surface area contributed by atoms with Crippen LogP contribution in [0.25, 0.3) is 0 Å². The van der Waals surface area contributed by atoms with E-state index < -0.39 is 0 Å². The van der Waals surface area contributed by atoms with Crippen molar-refractivity contribution in [2.24, 2.45) is 0 Å². The fourth-order valence-electron chi connectivity index (χ4n) is 3.68. The molecule has 180 valence electrons. The van der Waals surface area contributed by atoms with Crippen LogP contribution in [0.1, 0.15) is 63.1 Å². The maximum atomic E-state index is 12.6. The maximum absolute atomic E-state index is 12.6. The molecule has 4 aromatic carbocycles. The quantitative estimate of drug-likeness (QED) is 0.218. The molecule has 0 radical (unpaired) electrons. The van der Waals surface area contributed by atoms with E-state index >= 15 is 0 Å². The number of benzene rings is 4. The number of hydrogen-bond donors (Lipinski definition) is 0. The van der Waals surface area contributed by atoms with Gasteiger partial charge in [0.1, 0.15) is 0 Å². The average molecular weight is 463 g/mol. The minimum absolute atomic E-state index is 0.0692. The lowest BCUT2D eigenvalue weighted by Crippen LogP contribution is -2.19. The van der Waals surface area contributed by atoms with Gasteiger partial charge < -0.3 is 0 Å². The van der Waals surface area contributed by atoms with Crippen LogP contribution in [0.3, 0.4) is 0 Å². The molecule has 0 atom stereocenters. The Morgan fingerprint density at radius 2 is 0.714 bits per heavy atom. The molecule has 0 unspecified atom stereocenters. The highest BCUT2D eigenvalue weighted by Gasteiger charge is 2.23. The van der Waals surface area contributed by atoms with E-state index in [2.05, 4.69) is 108 Å². The Morgan fingerprint density at radius 1 is 0.486 bits per heavy atom. The fraction of sp³-hybridized carbons (Fsp3) is 0.206. The number of ketones is 1. The molecule has 0 aliphatic carbocycles. The van der Waals surface area contributed by atoms with Gasteiger partial charge in [0.15, 0.2) is 5.78 Å². The summed E-state index contributed by atoms with van der Waals surface area (Å²) in [4.78, 5) is 12.6. The molecule has 0 aliphatic rings. The summed E-state index contributed by atoms with van der Waals surface area (Å²) in [7, 11) is 0.